The highest BCUT2D eigenvalue weighted by atomic mass is 35.5. The maximum absolute atomic E-state index is 13.4. The number of benzene rings is 2. The van der Waals surface area contributed by atoms with Gasteiger partial charge in [0, 0.05) is 43.8 Å². The molecule has 0 aliphatic carbocycles. The number of ether oxygens (including phenoxy) is 1. The van der Waals surface area contributed by atoms with Gasteiger partial charge in [-0.05, 0) is 57.0 Å². The topological polar surface area (TPSA) is 53.1 Å². The zero-order valence-electron chi connectivity index (χ0n) is 19.1. The monoisotopic (exact) mass is 489 g/mol. The summed E-state index contributed by atoms with van der Waals surface area (Å²) < 4.78 is 5.61. The molecule has 2 aliphatic heterocycles. The normalized spacial score (nSPS) is 21.5. The first-order valence-electron chi connectivity index (χ1n) is 11.2. The molecule has 0 saturated carbocycles. The molecule has 6 nitrogen and oxygen atoms in total. The Morgan fingerprint density at radius 1 is 1.00 bits per heavy atom. The van der Waals surface area contributed by atoms with Crippen molar-refractivity contribution in [2.75, 3.05) is 31.1 Å². The Labute approximate surface area is 205 Å². The van der Waals surface area contributed by atoms with Crippen molar-refractivity contribution in [3.05, 3.63) is 64.1 Å². The summed E-state index contributed by atoms with van der Waals surface area (Å²) in [5, 5.41) is 0.935. The van der Waals surface area contributed by atoms with Crippen LogP contribution in [0.25, 0.3) is 0 Å². The number of nitrogens with zero attached hydrogens (tertiary/aromatic N) is 3. The molecule has 0 radical (unpaired) electrons. The van der Waals surface area contributed by atoms with Crippen molar-refractivity contribution in [2.45, 2.75) is 44.8 Å². The first kappa shape index (κ1) is 23.7. The SMILES string of the molecule is CC(C)(C)OC(=O)N1CC[C@@H](N2CCN(c3ccccc3)C2=O)[C@H](c2ccc(Cl)c(Cl)c2)C1. The summed E-state index contributed by atoms with van der Waals surface area (Å²) in [6, 6.07) is 15.2. The van der Waals surface area contributed by atoms with Crippen LogP contribution < -0.4 is 4.90 Å². The molecule has 0 unspecified atom stereocenters. The molecular formula is C25H29Cl2N3O3. The number of urea groups is 1. The third-order valence-electron chi connectivity index (χ3n) is 6.11. The second kappa shape index (κ2) is 9.43. The van der Waals surface area contributed by atoms with Crippen LogP contribution in [-0.4, -0.2) is 59.7 Å². The van der Waals surface area contributed by atoms with E-state index in [0.717, 1.165) is 11.3 Å². The minimum absolute atomic E-state index is 0.0121. The average Bonchev–Trinajstić information content (AvgIpc) is 3.16. The Kier molecular flexibility index (Phi) is 6.78. The fraction of sp³-hybridized carbons (Fsp3) is 0.440. The molecule has 2 atom stereocenters. The highest BCUT2D eigenvalue weighted by Crippen LogP contribution is 2.36. The molecule has 0 aromatic heterocycles. The number of anilines is 1. The lowest BCUT2D eigenvalue weighted by Gasteiger charge is -2.42. The summed E-state index contributed by atoms with van der Waals surface area (Å²) in [5.41, 5.74) is 1.27. The van der Waals surface area contributed by atoms with Gasteiger partial charge in [-0.1, -0.05) is 47.5 Å². The molecule has 2 aromatic carbocycles. The Morgan fingerprint density at radius 3 is 2.39 bits per heavy atom. The first-order chi connectivity index (χ1) is 15.6. The number of carbonyl (C=O) groups excluding carboxylic acids is 2. The highest BCUT2D eigenvalue weighted by Gasteiger charge is 2.42. The van der Waals surface area contributed by atoms with Crippen LogP contribution in [0.3, 0.4) is 0 Å². The van der Waals surface area contributed by atoms with E-state index in [2.05, 4.69) is 0 Å². The maximum Gasteiger partial charge on any atom is 0.410 e. The quantitative estimate of drug-likeness (QED) is 0.528. The molecule has 8 heteroatoms. The second-order valence-corrected chi connectivity index (χ2v) is 10.3. The van der Waals surface area contributed by atoms with E-state index in [1.54, 1.807) is 11.0 Å². The van der Waals surface area contributed by atoms with Gasteiger partial charge in [0.2, 0.25) is 0 Å². The van der Waals surface area contributed by atoms with E-state index in [4.69, 9.17) is 27.9 Å². The van der Waals surface area contributed by atoms with E-state index >= 15 is 0 Å². The summed E-state index contributed by atoms with van der Waals surface area (Å²) in [7, 11) is 0. The van der Waals surface area contributed by atoms with E-state index in [0.29, 0.717) is 42.6 Å². The summed E-state index contributed by atoms with van der Waals surface area (Å²) in [6.45, 7) is 7.78. The van der Waals surface area contributed by atoms with Crippen molar-refractivity contribution in [2.24, 2.45) is 0 Å². The molecule has 2 heterocycles. The standard InChI is InChI=1S/C25H29Cl2N3O3/c1-25(2,3)33-24(32)28-12-11-22(19(16-28)17-9-10-20(26)21(27)15-17)30-14-13-29(23(30)31)18-7-5-4-6-8-18/h4-10,15,19,22H,11-14,16H2,1-3H3/t19-,22+/m0/s1. The minimum Gasteiger partial charge on any atom is -0.444 e. The van der Waals surface area contributed by atoms with Crippen molar-refractivity contribution < 1.29 is 14.3 Å². The summed E-state index contributed by atoms with van der Waals surface area (Å²) in [4.78, 5) is 31.7. The van der Waals surface area contributed by atoms with Crippen molar-refractivity contribution in [1.29, 1.82) is 0 Å². The number of rotatable bonds is 3. The van der Waals surface area contributed by atoms with E-state index in [-0.39, 0.29) is 24.1 Å². The van der Waals surface area contributed by atoms with E-state index < -0.39 is 5.60 Å². The van der Waals surface area contributed by atoms with Gasteiger partial charge in [0.15, 0.2) is 0 Å². The van der Waals surface area contributed by atoms with E-state index in [1.807, 2.05) is 73.0 Å². The van der Waals surface area contributed by atoms with Crippen LogP contribution >= 0.6 is 23.2 Å². The number of hydrogen-bond acceptors (Lipinski definition) is 3. The van der Waals surface area contributed by atoms with Gasteiger partial charge in [-0.25, -0.2) is 9.59 Å². The average molecular weight is 490 g/mol. The van der Waals surface area contributed by atoms with Gasteiger partial charge in [-0.3, -0.25) is 4.90 Å². The number of hydrogen-bond donors (Lipinski definition) is 0. The Balaban J connectivity index is 1.60. The van der Waals surface area contributed by atoms with Crippen LogP contribution in [0, 0.1) is 0 Å². The van der Waals surface area contributed by atoms with E-state index in [1.165, 1.54) is 0 Å². The summed E-state index contributed by atoms with van der Waals surface area (Å²) >= 11 is 12.5. The van der Waals surface area contributed by atoms with Gasteiger partial charge in [-0.2, -0.15) is 0 Å². The van der Waals surface area contributed by atoms with Gasteiger partial charge in [0.1, 0.15) is 5.60 Å². The molecule has 176 valence electrons. The number of piperidine rings is 1. The van der Waals surface area contributed by atoms with Gasteiger partial charge in [-0.15, -0.1) is 0 Å². The Morgan fingerprint density at radius 2 is 1.73 bits per heavy atom. The molecule has 2 fully saturated rings. The second-order valence-electron chi connectivity index (χ2n) is 9.53. The van der Waals surface area contributed by atoms with Crippen LogP contribution in [-0.2, 0) is 4.74 Å². The molecule has 4 rings (SSSR count). The highest BCUT2D eigenvalue weighted by molar-refractivity contribution is 6.42. The lowest BCUT2D eigenvalue weighted by atomic mass is 9.85. The lowest BCUT2D eigenvalue weighted by molar-refractivity contribution is 0.0139. The maximum atomic E-state index is 13.4. The van der Waals surface area contributed by atoms with Crippen LogP contribution in [0.15, 0.2) is 48.5 Å². The fourth-order valence-electron chi connectivity index (χ4n) is 4.58. The molecule has 2 saturated heterocycles. The van der Waals surface area contributed by atoms with Crippen molar-refractivity contribution >= 4 is 41.0 Å². The zero-order chi connectivity index (χ0) is 23.8. The van der Waals surface area contributed by atoms with E-state index in [9.17, 15) is 9.59 Å². The predicted octanol–water partition coefficient (Wildman–Crippen LogP) is 6.03. The van der Waals surface area contributed by atoms with Gasteiger partial charge in [0.05, 0.1) is 10.0 Å². The van der Waals surface area contributed by atoms with Gasteiger partial charge in [0.25, 0.3) is 0 Å². The number of amides is 3. The third kappa shape index (κ3) is 5.22. The minimum atomic E-state index is -0.575. The molecule has 2 aliphatic rings. The molecule has 0 bridgehead atoms. The Bertz CT molecular complexity index is 1030. The molecule has 0 spiro atoms. The number of likely N-dealkylation sites (tertiary alicyclic amines) is 1. The van der Waals surface area contributed by atoms with Crippen molar-refractivity contribution in [1.82, 2.24) is 9.80 Å². The molecule has 2 aromatic rings. The largest absolute Gasteiger partial charge is 0.444 e. The van der Waals surface area contributed by atoms with Crippen LogP contribution in [0.1, 0.15) is 38.7 Å². The van der Waals surface area contributed by atoms with Crippen LogP contribution in [0.4, 0.5) is 15.3 Å². The van der Waals surface area contributed by atoms with Gasteiger partial charge < -0.3 is 14.5 Å². The summed E-state index contributed by atoms with van der Waals surface area (Å²) in [6.07, 6.45) is 0.308. The van der Waals surface area contributed by atoms with Crippen molar-refractivity contribution in [3.8, 4) is 0 Å². The lowest BCUT2D eigenvalue weighted by Crippen LogP contribution is -2.53. The molecule has 33 heavy (non-hydrogen) atoms. The van der Waals surface area contributed by atoms with Gasteiger partial charge >= 0.3 is 12.1 Å². The molecule has 0 N–H and O–H groups in total. The van der Waals surface area contributed by atoms with Crippen LogP contribution in [0.2, 0.25) is 10.0 Å². The smallest absolute Gasteiger partial charge is 0.410 e. The number of halogens is 2. The molecular weight excluding hydrogens is 461 g/mol. The number of para-hydroxylation sites is 1. The van der Waals surface area contributed by atoms with Crippen LogP contribution in [0.5, 0.6) is 0 Å². The van der Waals surface area contributed by atoms with Crippen molar-refractivity contribution in [3.63, 3.8) is 0 Å². The number of carbonyl (C=O) groups is 2. The third-order valence-corrected chi connectivity index (χ3v) is 6.85. The first-order valence-corrected chi connectivity index (χ1v) is 12.0. The fourth-order valence-corrected chi connectivity index (χ4v) is 4.89. The Hall–Kier alpha value is -2.44. The zero-order valence-corrected chi connectivity index (χ0v) is 20.6. The summed E-state index contributed by atoms with van der Waals surface area (Å²) in [5.74, 6) is -0.110. The molecule has 3 amide bonds. The predicted molar refractivity (Wildman–Crippen MR) is 131 cm³/mol.